The van der Waals surface area contributed by atoms with Gasteiger partial charge in [0.15, 0.2) is 0 Å². The summed E-state index contributed by atoms with van der Waals surface area (Å²) in [5, 5.41) is 3.32. The highest BCUT2D eigenvalue weighted by molar-refractivity contribution is 4.88. The van der Waals surface area contributed by atoms with Gasteiger partial charge in [-0.15, -0.1) is 0 Å². The van der Waals surface area contributed by atoms with E-state index in [0.717, 1.165) is 38.4 Å². The Balaban J connectivity index is 2.10. The maximum atomic E-state index is 5.37. The van der Waals surface area contributed by atoms with Crippen LogP contribution in [-0.2, 0) is 6.54 Å². The lowest BCUT2D eigenvalue weighted by molar-refractivity contribution is 0.578. The van der Waals surface area contributed by atoms with Gasteiger partial charge in [0, 0.05) is 25.5 Å². The molecule has 74 valence electrons. The van der Waals surface area contributed by atoms with Crippen molar-refractivity contribution in [2.45, 2.75) is 19.9 Å². The van der Waals surface area contributed by atoms with Gasteiger partial charge in [0.1, 0.15) is 5.82 Å². The van der Waals surface area contributed by atoms with Crippen LogP contribution in [0.15, 0.2) is 12.4 Å². The maximum absolute atomic E-state index is 5.37. The second kappa shape index (κ2) is 5.72. The Morgan fingerprint density at radius 3 is 3.00 bits per heavy atom. The molecule has 0 saturated carbocycles. The number of imidazole rings is 1. The summed E-state index contributed by atoms with van der Waals surface area (Å²) in [6, 6.07) is 0. The fourth-order valence-electron chi connectivity index (χ4n) is 1.19. The maximum Gasteiger partial charge on any atom is 0.105 e. The normalized spacial score (nSPS) is 10.6. The van der Waals surface area contributed by atoms with Gasteiger partial charge in [-0.3, -0.25) is 0 Å². The van der Waals surface area contributed by atoms with Crippen molar-refractivity contribution in [2.75, 3.05) is 19.6 Å². The molecule has 0 unspecified atom stereocenters. The topological polar surface area (TPSA) is 55.9 Å². The molecule has 0 aromatic carbocycles. The van der Waals surface area contributed by atoms with Crippen molar-refractivity contribution in [3.8, 4) is 0 Å². The predicted octanol–water partition coefficient (Wildman–Crippen LogP) is 0.130. The van der Waals surface area contributed by atoms with E-state index in [9.17, 15) is 0 Å². The fourth-order valence-corrected chi connectivity index (χ4v) is 1.19. The molecule has 0 spiro atoms. The Morgan fingerprint density at radius 1 is 1.54 bits per heavy atom. The van der Waals surface area contributed by atoms with Gasteiger partial charge in [-0.25, -0.2) is 4.98 Å². The van der Waals surface area contributed by atoms with Gasteiger partial charge in [-0.05, 0) is 26.4 Å². The van der Waals surface area contributed by atoms with Crippen molar-refractivity contribution < 1.29 is 0 Å². The predicted molar refractivity (Wildman–Crippen MR) is 53.5 cm³/mol. The highest BCUT2D eigenvalue weighted by atomic mass is 15.1. The van der Waals surface area contributed by atoms with Gasteiger partial charge >= 0.3 is 0 Å². The number of nitrogens with two attached hydrogens (primary N) is 1. The molecular weight excluding hydrogens is 164 g/mol. The lowest BCUT2D eigenvalue weighted by Gasteiger charge is -2.05. The van der Waals surface area contributed by atoms with Crippen LogP contribution in [0.1, 0.15) is 12.2 Å². The summed E-state index contributed by atoms with van der Waals surface area (Å²) < 4.78 is 2.13. The monoisotopic (exact) mass is 182 g/mol. The van der Waals surface area contributed by atoms with E-state index in [2.05, 4.69) is 14.9 Å². The fraction of sp³-hybridized carbons (Fsp3) is 0.667. The van der Waals surface area contributed by atoms with E-state index in [0.29, 0.717) is 0 Å². The Labute approximate surface area is 79.1 Å². The Morgan fingerprint density at radius 2 is 2.38 bits per heavy atom. The molecule has 1 aromatic rings. The quantitative estimate of drug-likeness (QED) is 0.615. The molecule has 1 heterocycles. The van der Waals surface area contributed by atoms with Gasteiger partial charge in [-0.1, -0.05) is 0 Å². The number of hydrogen-bond donors (Lipinski definition) is 2. The van der Waals surface area contributed by atoms with Crippen LogP contribution in [0.2, 0.25) is 0 Å². The first kappa shape index (κ1) is 10.2. The number of hydrogen-bond acceptors (Lipinski definition) is 3. The first-order chi connectivity index (χ1) is 6.34. The molecule has 3 N–H and O–H groups in total. The molecule has 1 aromatic heterocycles. The minimum Gasteiger partial charge on any atom is -0.334 e. The number of nitrogens with one attached hydrogen (secondary N) is 1. The van der Waals surface area contributed by atoms with Crippen molar-refractivity contribution in [3.63, 3.8) is 0 Å². The van der Waals surface area contributed by atoms with Crippen molar-refractivity contribution in [1.29, 1.82) is 0 Å². The van der Waals surface area contributed by atoms with Gasteiger partial charge < -0.3 is 15.6 Å². The minimum absolute atomic E-state index is 0.761. The lowest BCUT2D eigenvalue weighted by atomic mass is 10.4. The van der Waals surface area contributed by atoms with Gasteiger partial charge in [0.05, 0.1) is 0 Å². The van der Waals surface area contributed by atoms with Crippen LogP contribution in [-0.4, -0.2) is 29.2 Å². The molecule has 0 amide bonds. The van der Waals surface area contributed by atoms with Crippen LogP contribution in [0, 0.1) is 6.92 Å². The van der Waals surface area contributed by atoms with Crippen molar-refractivity contribution in [1.82, 2.24) is 14.9 Å². The van der Waals surface area contributed by atoms with E-state index in [-0.39, 0.29) is 0 Å². The molecule has 0 radical (unpaired) electrons. The number of rotatable bonds is 6. The standard InChI is InChI=1S/C9H18N4/c1-9-12-6-8-13(9)7-5-11-4-2-3-10/h6,8,11H,2-5,7,10H2,1H3. The van der Waals surface area contributed by atoms with Crippen LogP contribution in [0.5, 0.6) is 0 Å². The second-order valence-corrected chi connectivity index (χ2v) is 3.06. The lowest BCUT2D eigenvalue weighted by Crippen LogP contribution is -2.22. The highest BCUT2D eigenvalue weighted by Gasteiger charge is 1.94. The van der Waals surface area contributed by atoms with Crippen LogP contribution in [0.25, 0.3) is 0 Å². The zero-order valence-electron chi connectivity index (χ0n) is 8.16. The van der Waals surface area contributed by atoms with E-state index in [1.165, 1.54) is 0 Å². The summed E-state index contributed by atoms with van der Waals surface area (Å²) in [4.78, 5) is 4.15. The van der Waals surface area contributed by atoms with Crippen molar-refractivity contribution in [3.05, 3.63) is 18.2 Å². The van der Waals surface area contributed by atoms with E-state index in [1.807, 2.05) is 19.3 Å². The van der Waals surface area contributed by atoms with Crippen LogP contribution < -0.4 is 11.1 Å². The van der Waals surface area contributed by atoms with E-state index in [4.69, 9.17) is 5.73 Å². The van der Waals surface area contributed by atoms with Gasteiger partial charge in [-0.2, -0.15) is 0 Å². The average molecular weight is 182 g/mol. The molecule has 4 nitrogen and oxygen atoms in total. The third-order valence-electron chi connectivity index (χ3n) is 2.01. The van der Waals surface area contributed by atoms with Gasteiger partial charge in [0.25, 0.3) is 0 Å². The molecule has 0 aliphatic rings. The van der Waals surface area contributed by atoms with Crippen LogP contribution in [0.4, 0.5) is 0 Å². The van der Waals surface area contributed by atoms with Crippen LogP contribution in [0.3, 0.4) is 0 Å². The first-order valence-corrected chi connectivity index (χ1v) is 4.73. The highest BCUT2D eigenvalue weighted by Crippen LogP contribution is 1.93. The van der Waals surface area contributed by atoms with Crippen molar-refractivity contribution >= 4 is 0 Å². The third-order valence-corrected chi connectivity index (χ3v) is 2.01. The smallest absolute Gasteiger partial charge is 0.105 e. The summed E-state index contributed by atoms with van der Waals surface area (Å²) in [6.07, 6.45) is 4.87. The average Bonchev–Trinajstić information content (AvgIpc) is 2.52. The van der Waals surface area contributed by atoms with Crippen LogP contribution >= 0.6 is 0 Å². The summed E-state index contributed by atoms with van der Waals surface area (Å²) in [5.74, 6) is 1.07. The molecule has 0 atom stereocenters. The zero-order chi connectivity index (χ0) is 9.52. The SMILES string of the molecule is Cc1nccn1CCNCCCN. The summed E-state index contributed by atoms with van der Waals surface area (Å²) in [7, 11) is 0. The molecule has 0 saturated heterocycles. The third kappa shape index (κ3) is 3.57. The zero-order valence-corrected chi connectivity index (χ0v) is 8.16. The summed E-state index contributed by atoms with van der Waals surface area (Å²) in [6.45, 7) is 5.74. The minimum atomic E-state index is 0.761. The number of aryl methyl sites for hydroxylation is 1. The molecule has 1 rings (SSSR count). The second-order valence-electron chi connectivity index (χ2n) is 3.06. The van der Waals surface area contributed by atoms with E-state index < -0.39 is 0 Å². The molecule has 0 aliphatic carbocycles. The molecule has 0 fully saturated rings. The Hall–Kier alpha value is -0.870. The first-order valence-electron chi connectivity index (χ1n) is 4.73. The largest absolute Gasteiger partial charge is 0.334 e. The molecule has 0 bridgehead atoms. The summed E-state index contributed by atoms with van der Waals surface area (Å²) >= 11 is 0. The number of nitrogens with zero attached hydrogens (tertiary/aromatic N) is 2. The Kier molecular flexibility index (Phi) is 4.49. The molecule has 13 heavy (non-hydrogen) atoms. The van der Waals surface area contributed by atoms with Gasteiger partial charge in [0.2, 0.25) is 0 Å². The summed E-state index contributed by atoms with van der Waals surface area (Å²) in [5.41, 5.74) is 5.37. The number of aromatic nitrogens is 2. The van der Waals surface area contributed by atoms with E-state index >= 15 is 0 Å². The molecule has 4 heteroatoms. The van der Waals surface area contributed by atoms with Crippen molar-refractivity contribution in [2.24, 2.45) is 5.73 Å². The Bertz CT molecular complexity index is 231. The molecule has 0 aliphatic heterocycles. The molecular formula is C9H18N4. The van der Waals surface area contributed by atoms with E-state index in [1.54, 1.807) is 0 Å².